The first kappa shape index (κ1) is 18.8. The summed E-state index contributed by atoms with van der Waals surface area (Å²) >= 11 is 0. The first-order chi connectivity index (χ1) is 12.4. The Bertz CT molecular complexity index is 861. The fraction of sp³-hybridized carbons (Fsp3) is 0.250. The minimum absolute atomic E-state index is 0.0150. The molecule has 0 radical (unpaired) electrons. The maximum absolute atomic E-state index is 12.4. The SMILES string of the molecule is CCOC(=O)c1cn(-c2ccc([N+](=O)[O-])cc2)nc(C(=O)OCC)c1=O. The van der Waals surface area contributed by atoms with Crippen LogP contribution in [0.15, 0.2) is 35.3 Å². The van der Waals surface area contributed by atoms with E-state index in [4.69, 9.17) is 9.47 Å². The van der Waals surface area contributed by atoms with E-state index in [-0.39, 0.29) is 18.9 Å². The number of hydrogen-bond acceptors (Lipinski definition) is 8. The molecule has 10 nitrogen and oxygen atoms in total. The molecule has 0 saturated heterocycles. The molecule has 0 atom stereocenters. The second kappa shape index (κ2) is 8.01. The molecule has 0 amide bonds. The molecule has 0 fully saturated rings. The van der Waals surface area contributed by atoms with Crippen molar-refractivity contribution in [3.8, 4) is 5.69 Å². The summed E-state index contributed by atoms with van der Waals surface area (Å²) in [6.45, 7) is 3.18. The topological polar surface area (TPSA) is 131 Å². The van der Waals surface area contributed by atoms with E-state index in [1.807, 2.05) is 0 Å². The van der Waals surface area contributed by atoms with Crippen molar-refractivity contribution in [3.05, 3.63) is 62.1 Å². The van der Waals surface area contributed by atoms with Gasteiger partial charge in [0.15, 0.2) is 0 Å². The maximum Gasteiger partial charge on any atom is 0.362 e. The number of rotatable bonds is 6. The summed E-state index contributed by atoms with van der Waals surface area (Å²) in [7, 11) is 0. The largest absolute Gasteiger partial charge is 0.462 e. The van der Waals surface area contributed by atoms with Crippen molar-refractivity contribution in [3.63, 3.8) is 0 Å². The fourth-order valence-electron chi connectivity index (χ4n) is 2.04. The number of nitro benzene ring substituents is 1. The van der Waals surface area contributed by atoms with Crippen molar-refractivity contribution >= 4 is 17.6 Å². The predicted octanol–water partition coefficient (Wildman–Crippen LogP) is 1.49. The van der Waals surface area contributed by atoms with Gasteiger partial charge in [-0.2, -0.15) is 5.10 Å². The molecular formula is C16H15N3O7. The summed E-state index contributed by atoms with van der Waals surface area (Å²) in [6.07, 6.45) is 1.10. The molecule has 0 aliphatic carbocycles. The number of non-ortho nitro benzene ring substituents is 1. The van der Waals surface area contributed by atoms with Crippen LogP contribution in [0, 0.1) is 10.1 Å². The molecule has 0 bridgehead atoms. The van der Waals surface area contributed by atoms with Crippen LogP contribution in [0.1, 0.15) is 34.7 Å². The third kappa shape index (κ3) is 3.91. The Morgan fingerprint density at radius 1 is 1.12 bits per heavy atom. The highest BCUT2D eigenvalue weighted by molar-refractivity contribution is 5.93. The lowest BCUT2D eigenvalue weighted by molar-refractivity contribution is -0.384. The summed E-state index contributed by atoms with van der Waals surface area (Å²) in [4.78, 5) is 46.5. The molecule has 136 valence electrons. The number of esters is 2. The third-order valence-corrected chi connectivity index (χ3v) is 3.21. The Kier molecular flexibility index (Phi) is 5.78. The van der Waals surface area contributed by atoms with Crippen molar-refractivity contribution in [2.45, 2.75) is 13.8 Å². The highest BCUT2D eigenvalue weighted by Gasteiger charge is 2.23. The minimum Gasteiger partial charge on any atom is -0.462 e. The molecule has 2 rings (SSSR count). The number of hydrogen-bond donors (Lipinski definition) is 0. The molecule has 0 aliphatic heterocycles. The standard InChI is InChI=1S/C16H15N3O7/c1-3-25-15(21)12-9-18(10-5-7-11(8-6-10)19(23)24)17-13(14(12)20)16(22)26-4-2/h5-9H,3-4H2,1-2H3. The van der Waals surface area contributed by atoms with Gasteiger partial charge in [0.25, 0.3) is 5.69 Å². The second-order valence-electron chi connectivity index (χ2n) is 4.88. The van der Waals surface area contributed by atoms with Crippen molar-refractivity contribution in [1.29, 1.82) is 0 Å². The molecule has 0 N–H and O–H groups in total. The van der Waals surface area contributed by atoms with E-state index in [1.165, 1.54) is 24.3 Å². The third-order valence-electron chi connectivity index (χ3n) is 3.21. The molecule has 1 heterocycles. The lowest BCUT2D eigenvalue weighted by Crippen LogP contribution is -2.29. The Morgan fingerprint density at radius 2 is 1.69 bits per heavy atom. The van der Waals surface area contributed by atoms with Gasteiger partial charge in [-0.05, 0) is 26.0 Å². The van der Waals surface area contributed by atoms with E-state index in [9.17, 15) is 24.5 Å². The number of ether oxygens (including phenoxy) is 2. The average Bonchev–Trinajstić information content (AvgIpc) is 2.62. The van der Waals surface area contributed by atoms with Gasteiger partial charge in [0.05, 0.1) is 23.8 Å². The van der Waals surface area contributed by atoms with E-state index in [0.717, 1.165) is 10.9 Å². The number of benzene rings is 1. The van der Waals surface area contributed by atoms with E-state index in [2.05, 4.69) is 5.10 Å². The van der Waals surface area contributed by atoms with E-state index >= 15 is 0 Å². The zero-order chi connectivity index (χ0) is 19.3. The summed E-state index contributed by atoms with van der Waals surface area (Å²) in [6, 6.07) is 5.17. The molecule has 10 heteroatoms. The highest BCUT2D eigenvalue weighted by atomic mass is 16.6. The van der Waals surface area contributed by atoms with Crippen LogP contribution in [0.2, 0.25) is 0 Å². The van der Waals surface area contributed by atoms with Gasteiger partial charge in [-0.3, -0.25) is 14.9 Å². The molecular weight excluding hydrogens is 346 g/mol. The van der Waals surface area contributed by atoms with Gasteiger partial charge in [-0.1, -0.05) is 0 Å². The van der Waals surface area contributed by atoms with Crippen LogP contribution >= 0.6 is 0 Å². The number of nitro groups is 1. The van der Waals surface area contributed by atoms with Crippen LogP contribution in [-0.2, 0) is 9.47 Å². The zero-order valence-electron chi connectivity index (χ0n) is 14.0. The molecule has 1 aromatic heterocycles. The predicted molar refractivity (Wildman–Crippen MR) is 88.4 cm³/mol. The molecule has 0 aliphatic rings. The van der Waals surface area contributed by atoms with Crippen LogP contribution in [0.25, 0.3) is 5.69 Å². The summed E-state index contributed by atoms with van der Waals surface area (Å²) in [5, 5.41) is 14.6. The van der Waals surface area contributed by atoms with Gasteiger partial charge in [-0.25, -0.2) is 14.3 Å². The van der Waals surface area contributed by atoms with Crippen LogP contribution in [-0.4, -0.2) is 39.9 Å². The summed E-state index contributed by atoms with van der Waals surface area (Å²) < 4.78 is 10.7. The monoisotopic (exact) mass is 361 g/mol. The average molecular weight is 361 g/mol. The van der Waals surface area contributed by atoms with Gasteiger partial charge in [0.1, 0.15) is 5.56 Å². The quantitative estimate of drug-likeness (QED) is 0.430. The van der Waals surface area contributed by atoms with Crippen LogP contribution in [0.5, 0.6) is 0 Å². The first-order valence-corrected chi connectivity index (χ1v) is 7.62. The number of carbonyl (C=O) groups excluding carboxylic acids is 2. The van der Waals surface area contributed by atoms with Crippen LogP contribution < -0.4 is 5.43 Å². The van der Waals surface area contributed by atoms with Gasteiger partial charge in [-0.15, -0.1) is 0 Å². The molecule has 1 aromatic carbocycles. The van der Waals surface area contributed by atoms with Gasteiger partial charge in [0, 0.05) is 18.3 Å². The summed E-state index contributed by atoms with van der Waals surface area (Å²) in [5.41, 5.74) is -1.75. The van der Waals surface area contributed by atoms with Crippen molar-refractivity contribution in [1.82, 2.24) is 9.78 Å². The maximum atomic E-state index is 12.4. The number of aromatic nitrogens is 2. The summed E-state index contributed by atoms with van der Waals surface area (Å²) in [5.74, 6) is -1.90. The van der Waals surface area contributed by atoms with E-state index < -0.39 is 33.5 Å². The molecule has 2 aromatic rings. The van der Waals surface area contributed by atoms with Crippen molar-refractivity contribution in [2.75, 3.05) is 13.2 Å². The normalized spacial score (nSPS) is 10.2. The molecule has 0 saturated carbocycles. The lowest BCUT2D eigenvalue weighted by atomic mass is 10.2. The van der Waals surface area contributed by atoms with E-state index in [1.54, 1.807) is 13.8 Å². The molecule has 26 heavy (non-hydrogen) atoms. The number of nitrogens with zero attached hydrogens (tertiary/aromatic N) is 3. The smallest absolute Gasteiger partial charge is 0.362 e. The van der Waals surface area contributed by atoms with Gasteiger partial charge < -0.3 is 9.47 Å². The Morgan fingerprint density at radius 3 is 2.23 bits per heavy atom. The fourth-order valence-corrected chi connectivity index (χ4v) is 2.04. The van der Waals surface area contributed by atoms with Gasteiger partial charge in [0.2, 0.25) is 11.1 Å². The molecule has 0 unspecified atom stereocenters. The Hall–Kier alpha value is -3.56. The number of carbonyl (C=O) groups is 2. The minimum atomic E-state index is -0.987. The first-order valence-electron chi connectivity index (χ1n) is 7.62. The molecule has 0 spiro atoms. The van der Waals surface area contributed by atoms with E-state index in [0.29, 0.717) is 5.69 Å². The lowest BCUT2D eigenvalue weighted by Gasteiger charge is -2.10. The van der Waals surface area contributed by atoms with Crippen molar-refractivity contribution in [2.24, 2.45) is 0 Å². The Balaban J connectivity index is 2.61. The second-order valence-corrected chi connectivity index (χ2v) is 4.88. The van der Waals surface area contributed by atoms with Crippen molar-refractivity contribution < 1.29 is 24.0 Å². The van der Waals surface area contributed by atoms with Crippen LogP contribution in [0.3, 0.4) is 0 Å². The zero-order valence-corrected chi connectivity index (χ0v) is 14.0. The Labute approximate surface area is 147 Å². The van der Waals surface area contributed by atoms with Gasteiger partial charge >= 0.3 is 11.9 Å². The highest BCUT2D eigenvalue weighted by Crippen LogP contribution is 2.15. The van der Waals surface area contributed by atoms with Crippen LogP contribution in [0.4, 0.5) is 5.69 Å².